The summed E-state index contributed by atoms with van der Waals surface area (Å²) in [5.41, 5.74) is 0.921. The largest absolute Gasteiger partial charge is 0.352 e. The summed E-state index contributed by atoms with van der Waals surface area (Å²) in [6.07, 6.45) is 4.78. The number of carbonyl (C=O) groups excluding carboxylic acids is 1. The zero-order chi connectivity index (χ0) is 17.0. The van der Waals surface area contributed by atoms with Gasteiger partial charge >= 0.3 is 0 Å². The molecule has 0 aliphatic carbocycles. The lowest BCUT2D eigenvalue weighted by Gasteiger charge is -2.30. The number of amides is 1. The highest BCUT2D eigenvalue weighted by Crippen LogP contribution is 2.26. The summed E-state index contributed by atoms with van der Waals surface area (Å²) in [6, 6.07) is 7.03. The Morgan fingerprint density at radius 2 is 2.25 bits per heavy atom. The first-order valence-electron chi connectivity index (χ1n) is 7.77. The molecule has 2 aromatic heterocycles. The number of sulfonamides is 1. The molecule has 1 N–H and O–H groups in total. The van der Waals surface area contributed by atoms with Crippen molar-refractivity contribution >= 4 is 27.3 Å². The standard InChI is InChI=1S/C16H19N3O3S2/c20-16(18-11-13-4-1-7-17-10-13)14-5-2-8-19(12-14)24(21,22)15-6-3-9-23-15/h1,3-4,6-7,9-10,14H,2,5,8,11-12H2,(H,18,20)/t14-/m0/s1. The van der Waals surface area contributed by atoms with Gasteiger partial charge in [0.05, 0.1) is 5.92 Å². The van der Waals surface area contributed by atoms with Crippen molar-refractivity contribution in [3.05, 3.63) is 47.6 Å². The van der Waals surface area contributed by atoms with Gasteiger partial charge in [0.1, 0.15) is 4.21 Å². The summed E-state index contributed by atoms with van der Waals surface area (Å²) >= 11 is 1.20. The molecule has 1 aliphatic rings. The van der Waals surface area contributed by atoms with E-state index < -0.39 is 10.0 Å². The first-order chi connectivity index (χ1) is 11.6. The highest BCUT2D eigenvalue weighted by atomic mass is 32.2. The molecule has 0 bridgehead atoms. The number of thiophene rings is 1. The van der Waals surface area contributed by atoms with Crippen LogP contribution < -0.4 is 5.32 Å². The van der Waals surface area contributed by atoms with Crippen LogP contribution in [0, 0.1) is 5.92 Å². The lowest BCUT2D eigenvalue weighted by Crippen LogP contribution is -2.45. The van der Waals surface area contributed by atoms with Crippen LogP contribution in [0.1, 0.15) is 18.4 Å². The second-order valence-corrected chi connectivity index (χ2v) is 8.83. The SMILES string of the molecule is O=C(NCc1cccnc1)[C@H]1CCCN(S(=O)(=O)c2cccs2)C1. The lowest BCUT2D eigenvalue weighted by molar-refractivity contribution is -0.126. The van der Waals surface area contributed by atoms with E-state index in [2.05, 4.69) is 10.3 Å². The summed E-state index contributed by atoms with van der Waals surface area (Å²) in [7, 11) is -3.49. The van der Waals surface area contributed by atoms with Crippen LogP contribution in [0.25, 0.3) is 0 Å². The van der Waals surface area contributed by atoms with E-state index in [4.69, 9.17) is 0 Å². The summed E-state index contributed by atoms with van der Waals surface area (Å²) in [6.45, 7) is 1.10. The smallest absolute Gasteiger partial charge is 0.252 e. The van der Waals surface area contributed by atoms with Gasteiger partial charge in [-0.15, -0.1) is 11.3 Å². The Labute approximate surface area is 145 Å². The van der Waals surface area contributed by atoms with Gasteiger partial charge in [-0.25, -0.2) is 8.42 Å². The van der Waals surface area contributed by atoms with Gasteiger partial charge in [-0.05, 0) is 35.9 Å². The molecule has 3 rings (SSSR count). The zero-order valence-corrected chi connectivity index (χ0v) is 14.7. The van der Waals surface area contributed by atoms with Crippen LogP contribution >= 0.6 is 11.3 Å². The van der Waals surface area contributed by atoms with E-state index in [9.17, 15) is 13.2 Å². The second-order valence-electron chi connectivity index (χ2n) is 5.71. The normalized spacial score (nSPS) is 19.1. The van der Waals surface area contributed by atoms with E-state index in [0.717, 1.165) is 5.56 Å². The van der Waals surface area contributed by atoms with E-state index in [1.807, 2.05) is 12.1 Å². The number of carbonyl (C=O) groups is 1. The lowest BCUT2D eigenvalue weighted by atomic mass is 9.99. The fourth-order valence-electron chi connectivity index (χ4n) is 2.75. The maximum atomic E-state index is 12.6. The fraction of sp³-hybridized carbons (Fsp3) is 0.375. The second kappa shape index (κ2) is 7.42. The Morgan fingerprint density at radius 3 is 2.96 bits per heavy atom. The molecule has 1 saturated heterocycles. The third kappa shape index (κ3) is 3.82. The summed E-state index contributed by atoms with van der Waals surface area (Å²) < 4.78 is 26.9. The van der Waals surface area contributed by atoms with Crippen LogP contribution in [0.4, 0.5) is 0 Å². The summed E-state index contributed by atoms with van der Waals surface area (Å²) in [5, 5.41) is 4.62. The Balaban J connectivity index is 1.62. The molecule has 0 radical (unpaired) electrons. The molecule has 0 saturated carbocycles. The maximum Gasteiger partial charge on any atom is 0.252 e. The van der Waals surface area contributed by atoms with E-state index in [1.54, 1.807) is 29.9 Å². The number of rotatable bonds is 5. The van der Waals surface area contributed by atoms with Crippen LogP contribution in [0.5, 0.6) is 0 Å². The van der Waals surface area contributed by atoms with E-state index in [0.29, 0.717) is 30.1 Å². The monoisotopic (exact) mass is 365 g/mol. The van der Waals surface area contributed by atoms with Crippen molar-refractivity contribution in [1.29, 1.82) is 0 Å². The molecule has 2 aromatic rings. The average molecular weight is 365 g/mol. The summed E-state index contributed by atoms with van der Waals surface area (Å²) in [5.74, 6) is -0.421. The van der Waals surface area contributed by atoms with Gasteiger partial charge in [-0.1, -0.05) is 12.1 Å². The topological polar surface area (TPSA) is 79.4 Å². The van der Waals surface area contributed by atoms with Crippen molar-refractivity contribution < 1.29 is 13.2 Å². The van der Waals surface area contributed by atoms with Crippen LogP contribution in [0.3, 0.4) is 0 Å². The van der Waals surface area contributed by atoms with Gasteiger partial charge < -0.3 is 5.32 Å². The summed E-state index contributed by atoms with van der Waals surface area (Å²) in [4.78, 5) is 16.4. The van der Waals surface area contributed by atoms with Gasteiger partial charge in [0.15, 0.2) is 0 Å². The first-order valence-corrected chi connectivity index (χ1v) is 10.1. The van der Waals surface area contributed by atoms with Crippen molar-refractivity contribution in [2.45, 2.75) is 23.6 Å². The minimum absolute atomic E-state index is 0.107. The highest BCUT2D eigenvalue weighted by molar-refractivity contribution is 7.91. The van der Waals surface area contributed by atoms with Crippen molar-refractivity contribution in [2.75, 3.05) is 13.1 Å². The first kappa shape index (κ1) is 17.1. The van der Waals surface area contributed by atoms with Crippen molar-refractivity contribution in [2.24, 2.45) is 5.92 Å². The molecule has 1 aliphatic heterocycles. The van der Waals surface area contributed by atoms with Crippen LogP contribution in [0.2, 0.25) is 0 Å². The van der Waals surface area contributed by atoms with Gasteiger partial charge in [-0.3, -0.25) is 9.78 Å². The molecular formula is C16H19N3O3S2. The molecule has 0 aromatic carbocycles. The fourth-order valence-corrected chi connectivity index (χ4v) is 5.42. The molecule has 6 nitrogen and oxygen atoms in total. The van der Waals surface area contributed by atoms with E-state index >= 15 is 0 Å². The highest BCUT2D eigenvalue weighted by Gasteiger charge is 2.33. The van der Waals surface area contributed by atoms with Crippen molar-refractivity contribution in [1.82, 2.24) is 14.6 Å². The van der Waals surface area contributed by atoms with Gasteiger partial charge in [0.25, 0.3) is 10.0 Å². The predicted molar refractivity (Wildman–Crippen MR) is 91.9 cm³/mol. The molecule has 3 heterocycles. The molecule has 8 heteroatoms. The Hall–Kier alpha value is -1.77. The number of hydrogen-bond acceptors (Lipinski definition) is 5. The molecule has 128 valence electrons. The van der Waals surface area contributed by atoms with Crippen molar-refractivity contribution in [3.8, 4) is 0 Å². The van der Waals surface area contributed by atoms with E-state index in [-0.39, 0.29) is 18.4 Å². The number of nitrogens with one attached hydrogen (secondary N) is 1. The molecule has 0 spiro atoms. The van der Waals surface area contributed by atoms with Gasteiger partial charge in [0, 0.05) is 32.0 Å². The molecule has 24 heavy (non-hydrogen) atoms. The maximum absolute atomic E-state index is 12.6. The van der Waals surface area contributed by atoms with Crippen LogP contribution in [-0.4, -0.2) is 36.7 Å². The number of pyridine rings is 1. The molecule has 1 atom stereocenters. The third-order valence-corrected chi connectivity index (χ3v) is 7.27. The Kier molecular flexibility index (Phi) is 5.27. The molecular weight excluding hydrogens is 346 g/mol. The van der Waals surface area contributed by atoms with Gasteiger partial charge in [0.2, 0.25) is 5.91 Å². The van der Waals surface area contributed by atoms with E-state index in [1.165, 1.54) is 15.6 Å². The van der Waals surface area contributed by atoms with Crippen LogP contribution in [-0.2, 0) is 21.4 Å². The van der Waals surface area contributed by atoms with Crippen molar-refractivity contribution in [3.63, 3.8) is 0 Å². The minimum Gasteiger partial charge on any atom is -0.352 e. The average Bonchev–Trinajstić information content (AvgIpc) is 3.16. The number of nitrogens with zero attached hydrogens (tertiary/aromatic N) is 2. The van der Waals surface area contributed by atoms with Gasteiger partial charge in [-0.2, -0.15) is 4.31 Å². The molecule has 1 amide bonds. The number of aromatic nitrogens is 1. The predicted octanol–water partition coefficient (Wildman–Crippen LogP) is 1.86. The molecule has 0 unspecified atom stereocenters. The number of piperidine rings is 1. The quantitative estimate of drug-likeness (QED) is 0.877. The molecule has 1 fully saturated rings. The van der Waals surface area contributed by atoms with Crippen LogP contribution in [0.15, 0.2) is 46.2 Å². The third-order valence-electron chi connectivity index (χ3n) is 4.03. The number of hydrogen-bond donors (Lipinski definition) is 1. The Morgan fingerprint density at radius 1 is 1.38 bits per heavy atom. The Bertz CT molecular complexity index is 776. The minimum atomic E-state index is -3.49. The zero-order valence-electron chi connectivity index (χ0n) is 13.1.